The van der Waals surface area contributed by atoms with Gasteiger partial charge in [-0.3, -0.25) is 0 Å². The lowest BCUT2D eigenvalue weighted by Crippen LogP contribution is -2.75. The van der Waals surface area contributed by atoms with E-state index in [1.165, 1.54) is 86.2 Å². The van der Waals surface area contributed by atoms with Gasteiger partial charge >= 0.3 is 0 Å². The Bertz CT molecular complexity index is 3840. The highest BCUT2D eigenvalue weighted by Gasteiger charge is 2.44. The first-order valence-corrected chi connectivity index (χ1v) is 24.1. The zero-order valence-electron chi connectivity index (χ0n) is 35.0. The Morgan fingerprint density at radius 2 is 0.625 bits per heavy atom. The molecule has 300 valence electrons. The van der Waals surface area contributed by atoms with Crippen molar-refractivity contribution in [3.8, 4) is 17.1 Å². The maximum absolute atomic E-state index is 3.13. The van der Waals surface area contributed by atoms with Crippen LogP contribution in [0.2, 0.25) is 0 Å². The molecule has 0 bridgehead atoms. The zero-order chi connectivity index (χ0) is 42.2. The molecule has 3 nitrogen and oxygen atoms in total. The average molecular weight is 832 g/mol. The maximum atomic E-state index is 2.52. The summed E-state index contributed by atoms with van der Waals surface area (Å²) >= 11 is 0. The molecule has 0 aliphatic rings. The molecule has 10 aromatic carbocycles. The van der Waals surface area contributed by atoms with Crippen LogP contribution in [0.25, 0.3) is 82.5 Å². The Balaban J connectivity index is 1.16. The van der Waals surface area contributed by atoms with Gasteiger partial charge in [0, 0.05) is 49.4 Å². The van der Waals surface area contributed by atoms with E-state index < -0.39 is 8.07 Å². The van der Waals surface area contributed by atoms with Gasteiger partial charge in [-0.2, -0.15) is 0 Å². The molecule has 0 saturated carbocycles. The van der Waals surface area contributed by atoms with Crippen LogP contribution in [-0.2, 0) is 0 Å². The van der Waals surface area contributed by atoms with Crippen LogP contribution in [0.3, 0.4) is 0 Å². The summed E-state index contributed by atoms with van der Waals surface area (Å²) in [6.07, 6.45) is 0. The molecule has 0 N–H and O–H groups in total. The molecule has 13 aromatic rings. The van der Waals surface area contributed by atoms with E-state index in [1.807, 2.05) is 0 Å². The molecule has 0 amide bonds. The highest BCUT2D eigenvalue weighted by atomic mass is 28.3. The standard InChI is InChI=1S/C60H41N3Si/c1-5-21-42(22-6-1)61-54-35-16-14-32-49(54)52-40-53-50-33-15-17-36-55(50)62(58(53)41-57(52)61)44-25-19-30-47(39-44)64(45-26-9-3-10-27-45,46-28-11-4-12-29-46)59-38-20-34-51-48-31-13-18-37-56(48)63(60(51)59)43-23-7-2-8-24-43/h1-41H. The Hall–Kier alpha value is -8.18. The van der Waals surface area contributed by atoms with Gasteiger partial charge in [-0.05, 0) is 87.5 Å². The van der Waals surface area contributed by atoms with Gasteiger partial charge in [-0.1, -0.05) is 182 Å². The molecule has 0 atom stereocenters. The zero-order valence-corrected chi connectivity index (χ0v) is 36.0. The second-order valence-corrected chi connectivity index (χ2v) is 20.6. The van der Waals surface area contributed by atoms with Crippen LogP contribution in [0.15, 0.2) is 249 Å². The molecule has 3 aromatic heterocycles. The highest BCUT2D eigenvalue weighted by Crippen LogP contribution is 2.40. The Kier molecular flexibility index (Phi) is 8.23. The predicted molar refractivity (Wildman–Crippen MR) is 273 cm³/mol. The van der Waals surface area contributed by atoms with E-state index in [0.717, 1.165) is 17.1 Å². The molecule has 64 heavy (non-hydrogen) atoms. The van der Waals surface area contributed by atoms with Gasteiger partial charge in [0.15, 0.2) is 8.07 Å². The fraction of sp³-hybridized carbons (Fsp3) is 0. The fourth-order valence-corrected chi connectivity index (χ4v) is 15.9. The lowest BCUT2D eigenvalue weighted by atomic mass is 10.1. The minimum atomic E-state index is -3.13. The van der Waals surface area contributed by atoms with Crippen LogP contribution < -0.4 is 20.7 Å². The molecule has 0 spiro atoms. The molecule has 0 radical (unpaired) electrons. The largest absolute Gasteiger partial charge is 0.309 e. The third-order valence-corrected chi connectivity index (χ3v) is 18.3. The maximum Gasteiger partial charge on any atom is 0.181 e. The smallest absolute Gasteiger partial charge is 0.181 e. The van der Waals surface area contributed by atoms with Crippen LogP contribution in [0.1, 0.15) is 0 Å². The summed E-state index contributed by atoms with van der Waals surface area (Å²) in [6.45, 7) is 0. The lowest BCUT2D eigenvalue weighted by Gasteiger charge is -2.35. The molecule has 0 aliphatic carbocycles. The predicted octanol–water partition coefficient (Wildman–Crippen LogP) is 12.4. The van der Waals surface area contributed by atoms with Crippen molar-refractivity contribution in [1.82, 2.24) is 13.7 Å². The minimum Gasteiger partial charge on any atom is -0.309 e. The number of aromatic nitrogens is 3. The molecule has 4 heteroatoms. The first-order chi connectivity index (χ1) is 31.8. The van der Waals surface area contributed by atoms with Crippen molar-refractivity contribution in [3.63, 3.8) is 0 Å². The molecular formula is C60H41N3Si. The van der Waals surface area contributed by atoms with Crippen molar-refractivity contribution in [2.75, 3.05) is 0 Å². The summed E-state index contributed by atoms with van der Waals surface area (Å²) < 4.78 is 7.45. The molecule has 3 heterocycles. The first kappa shape index (κ1) is 36.5. The second-order valence-electron chi connectivity index (χ2n) is 16.8. The van der Waals surface area contributed by atoms with Crippen molar-refractivity contribution < 1.29 is 0 Å². The van der Waals surface area contributed by atoms with Gasteiger partial charge in [0.1, 0.15) is 0 Å². The molecule has 0 unspecified atom stereocenters. The number of benzene rings is 10. The normalized spacial score (nSPS) is 12.1. The van der Waals surface area contributed by atoms with Gasteiger partial charge in [0.05, 0.1) is 33.1 Å². The van der Waals surface area contributed by atoms with E-state index in [4.69, 9.17) is 0 Å². The minimum absolute atomic E-state index is 1.14. The van der Waals surface area contributed by atoms with Crippen LogP contribution in [0.4, 0.5) is 0 Å². The van der Waals surface area contributed by atoms with Crippen LogP contribution >= 0.6 is 0 Å². The third kappa shape index (κ3) is 5.27. The van der Waals surface area contributed by atoms with Crippen LogP contribution in [-0.4, -0.2) is 21.8 Å². The van der Waals surface area contributed by atoms with Gasteiger partial charge < -0.3 is 13.7 Å². The van der Waals surface area contributed by atoms with Gasteiger partial charge in [0.25, 0.3) is 0 Å². The van der Waals surface area contributed by atoms with E-state index in [1.54, 1.807) is 0 Å². The summed E-state index contributed by atoms with van der Waals surface area (Å²) in [5.74, 6) is 0. The van der Waals surface area contributed by atoms with Crippen molar-refractivity contribution in [1.29, 1.82) is 0 Å². The summed E-state index contributed by atoms with van der Waals surface area (Å²) in [5, 5.41) is 12.9. The van der Waals surface area contributed by atoms with E-state index in [2.05, 4.69) is 262 Å². The molecular weight excluding hydrogens is 791 g/mol. The molecule has 0 saturated heterocycles. The quantitative estimate of drug-likeness (QED) is 0.112. The molecule has 0 aliphatic heterocycles. The summed E-state index contributed by atoms with van der Waals surface area (Å²) in [5.41, 5.74) is 10.7. The SMILES string of the molecule is c1ccc(-n2c3ccccc3c3cc4c5ccccc5n(-c5cccc([Si](c6ccccc6)(c6ccccc6)c6cccc7c8ccccc8n(-c8ccccc8)c67)c5)c4cc32)cc1. The van der Waals surface area contributed by atoms with Crippen LogP contribution in [0, 0.1) is 0 Å². The first-order valence-electron chi connectivity index (χ1n) is 22.1. The monoisotopic (exact) mass is 831 g/mol. The second kappa shape index (κ2) is 14.5. The Labute approximate surface area is 372 Å². The average Bonchev–Trinajstić information content (AvgIpc) is 4.00. The summed E-state index contributed by atoms with van der Waals surface area (Å²) in [6, 6.07) is 92.5. The van der Waals surface area contributed by atoms with Gasteiger partial charge in [-0.15, -0.1) is 0 Å². The number of hydrogen-bond donors (Lipinski definition) is 0. The van der Waals surface area contributed by atoms with E-state index in [0.29, 0.717) is 0 Å². The summed E-state index contributed by atoms with van der Waals surface area (Å²) in [7, 11) is -3.13. The van der Waals surface area contributed by atoms with Crippen molar-refractivity contribution in [2.45, 2.75) is 0 Å². The molecule has 0 fully saturated rings. The van der Waals surface area contributed by atoms with Crippen molar-refractivity contribution >= 4 is 94.2 Å². The number of nitrogens with zero attached hydrogens (tertiary/aromatic N) is 3. The van der Waals surface area contributed by atoms with Crippen molar-refractivity contribution in [3.05, 3.63) is 249 Å². The van der Waals surface area contributed by atoms with Crippen LogP contribution in [0.5, 0.6) is 0 Å². The fourth-order valence-electron chi connectivity index (χ4n) is 11.0. The third-order valence-electron chi connectivity index (χ3n) is 13.5. The topological polar surface area (TPSA) is 14.8 Å². The van der Waals surface area contributed by atoms with Crippen molar-refractivity contribution in [2.24, 2.45) is 0 Å². The molecule has 13 rings (SSSR count). The van der Waals surface area contributed by atoms with Gasteiger partial charge in [-0.25, -0.2) is 0 Å². The summed E-state index contributed by atoms with van der Waals surface area (Å²) in [4.78, 5) is 0. The lowest BCUT2D eigenvalue weighted by molar-refractivity contribution is 1.17. The van der Waals surface area contributed by atoms with Gasteiger partial charge in [0.2, 0.25) is 0 Å². The number of para-hydroxylation sites is 6. The van der Waals surface area contributed by atoms with E-state index in [-0.39, 0.29) is 0 Å². The Morgan fingerprint density at radius 1 is 0.234 bits per heavy atom. The number of fused-ring (bicyclic) bond motifs is 9. The highest BCUT2D eigenvalue weighted by molar-refractivity contribution is 7.20. The van der Waals surface area contributed by atoms with E-state index in [9.17, 15) is 0 Å². The van der Waals surface area contributed by atoms with E-state index >= 15 is 0 Å². The Morgan fingerprint density at radius 3 is 1.19 bits per heavy atom. The number of rotatable bonds is 7. The number of hydrogen-bond acceptors (Lipinski definition) is 0.